The molecule has 1 aromatic heterocycles. The summed E-state index contributed by atoms with van der Waals surface area (Å²) in [6, 6.07) is 10.4. The molecule has 1 amide bonds. The Kier molecular flexibility index (Phi) is 3.04. The fraction of sp³-hybridized carbons (Fsp3) is 0. The summed E-state index contributed by atoms with van der Waals surface area (Å²) in [4.78, 5) is 19.3. The molecule has 0 saturated heterocycles. The minimum atomic E-state index is -0.302. The lowest BCUT2D eigenvalue weighted by Gasteiger charge is -2.08. The van der Waals surface area contributed by atoms with E-state index in [9.17, 15) is 4.79 Å². The summed E-state index contributed by atoms with van der Waals surface area (Å²) in [5.41, 5.74) is 8.77. The lowest BCUT2D eigenvalue weighted by Crippen LogP contribution is -2.14. The normalized spacial score (nSPS) is 10.7. The zero-order valence-corrected chi connectivity index (χ0v) is 11.1. The summed E-state index contributed by atoms with van der Waals surface area (Å²) in [6.07, 6.45) is 1.60. The van der Waals surface area contributed by atoms with Gasteiger partial charge in [0, 0.05) is 5.69 Å². The first kappa shape index (κ1) is 12.5. The molecule has 5 nitrogen and oxygen atoms in total. The van der Waals surface area contributed by atoms with Gasteiger partial charge in [0.15, 0.2) is 0 Å². The van der Waals surface area contributed by atoms with E-state index in [1.165, 1.54) is 0 Å². The van der Waals surface area contributed by atoms with Gasteiger partial charge in [-0.1, -0.05) is 17.7 Å². The molecule has 1 heterocycles. The molecular formula is C14H11ClN4O. The maximum Gasteiger partial charge on any atom is 0.257 e. The monoisotopic (exact) mass is 286 g/mol. The lowest BCUT2D eigenvalue weighted by atomic mass is 10.1. The second-order valence-electron chi connectivity index (χ2n) is 4.29. The number of carbonyl (C=O) groups excluding carboxylic acids is 1. The molecule has 0 aliphatic heterocycles. The van der Waals surface area contributed by atoms with Crippen LogP contribution in [0.1, 0.15) is 10.4 Å². The SMILES string of the molecule is Nc1c(Cl)cccc1C(=O)Nc1ccc2nc[nH]c2c1. The molecule has 0 atom stereocenters. The number of nitrogens with zero attached hydrogens (tertiary/aromatic N) is 1. The minimum Gasteiger partial charge on any atom is -0.397 e. The molecule has 20 heavy (non-hydrogen) atoms. The van der Waals surface area contributed by atoms with Crippen LogP contribution in [-0.4, -0.2) is 15.9 Å². The maximum atomic E-state index is 12.2. The predicted molar refractivity (Wildman–Crippen MR) is 79.9 cm³/mol. The van der Waals surface area contributed by atoms with E-state index in [-0.39, 0.29) is 11.6 Å². The van der Waals surface area contributed by atoms with Gasteiger partial charge in [0.1, 0.15) is 0 Å². The molecule has 0 aliphatic rings. The van der Waals surface area contributed by atoms with Crippen LogP contribution >= 0.6 is 11.6 Å². The van der Waals surface area contributed by atoms with Crippen LogP contribution in [0.5, 0.6) is 0 Å². The van der Waals surface area contributed by atoms with Crippen molar-refractivity contribution in [3.05, 3.63) is 53.3 Å². The summed E-state index contributed by atoms with van der Waals surface area (Å²) in [6.45, 7) is 0. The number of imidazole rings is 1. The van der Waals surface area contributed by atoms with Gasteiger partial charge in [-0.05, 0) is 30.3 Å². The number of aromatic amines is 1. The van der Waals surface area contributed by atoms with Gasteiger partial charge in [-0.15, -0.1) is 0 Å². The van der Waals surface area contributed by atoms with Gasteiger partial charge in [-0.25, -0.2) is 4.98 Å². The Balaban J connectivity index is 1.90. The van der Waals surface area contributed by atoms with Crippen molar-refractivity contribution >= 4 is 39.9 Å². The average Bonchev–Trinajstić information content (AvgIpc) is 2.89. The van der Waals surface area contributed by atoms with E-state index in [1.54, 1.807) is 36.7 Å². The molecule has 0 unspecified atom stereocenters. The van der Waals surface area contributed by atoms with Gasteiger partial charge < -0.3 is 16.0 Å². The molecule has 0 saturated carbocycles. The number of nitrogens with two attached hydrogens (primary N) is 1. The molecule has 3 rings (SSSR count). The largest absolute Gasteiger partial charge is 0.397 e. The van der Waals surface area contributed by atoms with Crippen molar-refractivity contribution < 1.29 is 4.79 Å². The van der Waals surface area contributed by atoms with Gasteiger partial charge in [-0.3, -0.25) is 4.79 Å². The number of fused-ring (bicyclic) bond motifs is 1. The van der Waals surface area contributed by atoms with Crippen molar-refractivity contribution in [1.82, 2.24) is 9.97 Å². The van der Waals surface area contributed by atoms with Crippen LogP contribution in [0.3, 0.4) is 0 Å². The second-order valence-corrected chi connectivity index (χ2v) is 4.70. The van der Waals surface area contributed by atoms with E-state index < -0.39 is 0 Å². The molecule has 0 aliphatic carbocycles. The molecule has 0 spiro atoms. The first-order valence-electron chi connectivity index (χ1n) is 5.93. The van der Waals surface area contributed by atoms with Gasteiger partial charge in [0.05, 0.1) is 33.6 Å². The van der Waals surface area contributed by atoms with Crippen molar-refractivity contribution in [2.75, 3.05) is 11.1 Å². The third-order valence-corrected chi connectivity index (χ3v) is 3.31. The number of hydrogen-bond donors (Lipinski definition) is 3. The molecule has 3 aromatic rings. The van der Waals surface area contributed by atoms with Crippen LogP contribution in [-0.2, 0) is 0 Å². The van der Waals surface area contributed by atoms with Crippen LogP contribution in [0.4, 0.5) is 11.4 Å². The van der Waals surface area contributed by atoms with E-state index in [1.807, 2.05) is 6.07 Å². The highest BCUT2D eigenvalue weighted by atomic mass is 35.5. The van der Waals surface area contributed by atoms with Crippen LogP contribution < -0.4 is 11.1 Å². The summed E-state index contributed by atoms with van der Waals surface area (Å²) >= 11 is 5.91. The smallest absolute Gasteiger partial charge is 0.257 e. The number of para-hydroxylation sites is 1. The number of rotatable bonds is 2. The maximum absolute atomic E-state index is 12.2. The van der Waals surface area contributed by atoms with Gasteiger partial charge in [0.2, 0.25) is 0 Å². The number of aromatic nitrogens is 2. The highest BCUT2D eigenvalue weighted by Gasteiger charge is 2.12. The van der Waals surface area contributed by atoms with Crippen LogP contribution in [0.15, 0.2) is 42.7 Å². The van der Waals surface area contributed by atoms with Crippen molar-refractivity contribution in [3.63, 3.8) is 0 Å². The summed E-state index contributed by atoms with van der Waals surface area (Å²) in [7, 11) is 0. The van der Waals surface area contributed by atoms with Crippen molar-refractivity contribution in [2.45, 2.75) is 0 Å². The third kappa shape index (κ3) is 2.19. The Bertz CT molecular complexity index is 797. The lowest BCUT2D eigenvalue weighted by molar-refractivity contribution is 0.102. The molecule has 0 fully saturated rings. The highest BCUT2D eigenvalue weighted by molar-refractivity contribution is 6.34. The second kappa shape index (κ2) is 4.86. The number of amides is 1. The molecule has 0 radical (unpaired) electrons. The fourth-order valence-electron chi connectivity index (χ4n) is 1.95. The first-order valence-corrected chi connectivity index (χ1v) is 6.31. The Morgan fingerprint density at radius 1 is 1.30 bits per heavy atom. The molecule has 100 valence electrons. The van der Waals surface area contributed by atoms with E-state index in [4.69, 9.17) is 17.3 Å². The summed E-state index contributed by atoms with van der Waals surface area (Å²) < 4.78 is 0. The number of anilines is 2. The predicted octanol–water partition coefficient (Wildman–Crippen LogP) is 3.05. The average molecular weight is 287 g/mol. The minimum absolute atomic E-state index is 0.272. The fourth-order valence-corrected chi connectivity index (χ4v) is 2.12. The zero-order chi connectivity index (χ0) is 14.1. The van der Waals surface area contributed by atoms with Crippen molar-refractivity contribution in [3.8, 4) is 0 Å². The standard InChI is InChI=1S/C14H11ClN4O/c15-10-3-1-2-9(13(10)16)14(20)19-8-4-5-11-12(6-8)18-7-17-11/h1-7H,16H2,(H,17,18)(H,19,20). The number of benzene rings is 2. The van der Waals surface area contributed by atoms with Crippen LogP contribution in [0.2, 0.25) is 5.02 Å². The molecule has 2 aromatic carbocycles. The molecule has 0 bridgehead atoms. The summed E-state index contributed by atoms with van der Waals surface area (Å²) in [5, 5.41) is 3.15. The van der Waals surface area contributed by atoms with Crippen molar-refractivity contribution in [1.29, 1.82) is 0 Å². The highest BCUT2D eigenvalue weighted by Crippen LogP contribution is 2.24. The van der Waals surface area contributed by atoms with Crippen LogP contribution in [0.25, 0.3) is 11.0 Å². The number of nitrogen functional groups attached to an aromatic ring is 1. The third-order valence-electron chi connectivity index (χ3n) is 2.98. The number of nitrogens with one attached hydrogen (secondary N) is 2. The van der Waals surface area contributed by atoms with Crippen LogP contribution in [0, 0.1) is 0 Å². The Morgan fingerprint density at radius 2 is 2.15 bits per heavy atom. The summed E-state index contributed by atoms with van der Waals surface area (Å²) in [5.74, 6) is -0.302. The topological polar surface area (TPSA) is 83.8 Å². The molecular weight excluding hydrogens is 276 g/mol. The Morgan fingerprint density at radius 3 is 3.00 bits per heavy atom. The van der Waals surface area contributed by atoms with Crippen molar-refractivity contribution in [2.24, 2.45) is 0 Å². The molecule has 6 heteroatoms. The van der Waals surface area contributed by atoms with E-state index in [0.717, 1.165) is 11.0 Å². The molecule has 4 N–H and O–H groups in total. The van der Waals surface area contributed by atoms with Gasteiger partial charge >= 0.3 is 0 Å². The number of halogens is 1. The number of hydrogen-bond acceptors (Lipinski definition) is 3. The van der Waals surface area contributed by atoms with E-state index in [2.05, 4.69) is 15.3 Å². The quantitative estimate of drug-likeness (QED) is 0.633. The van der Waals surface area contributed by atoms with E-state index in [0.29, 0.717) is 16.3 Å². The zero-order valence-electron chi connectivity index (χ0n) is 10.4. The van der Waals surface area contributed by atoms with Gasteiger partial charge in [0.25, 0.3) is 5.91 Å². The van der Waals surface area contributed by atoms with Gasteiger partial charge in [-0.2, -0.15) is 0 Å². The Hall–Kier alpha value is -2.53. The number of H-pyrrole nitrogens is 1. The van der Waals surface area contributed by atoms with E-state index >= 15 is 0 Å². The number of carbonyl (C=O) groups is 1. The first-order chi connectivity index (χ1) is 9.65. The Labute approximate surface area is 119 Å².